The zero-order chi connectivity index (χ0) is 13.2. The van der Waals surface area contributed by atoms with Crippen LogP contribution < -0.4 is 5.19 Å². The molecule has 0 aromatic heterocycles. The van der Waals surface area contributed by atoms with Crippen LogP contribution in [0.25, 0.3) is 0 Å². The van der Waals surface area contributed by atoms with E-state index in [1.54, 1.807) is 21.9 Å². The minimum Gasteiger partial charge on any atom is -0.207 e. The zero-order valence-corrected chi connectivity index (χ0v) is 15.0. The number of hydrogen-bond acceptors (Lipinski definition) is 0. The molecule has 0 saturated heterocycles. The van der Waals surface area contributed by atoms with Crippen LogP contribution >= 0.6 is 0 Å². The van der Waals surface area contributed by atoms with E-state index in [2.05, 4.69) is 44.2 Å². The molecule has 3 rings (SSSR count). The maximum absolute atomic E-state index is 2.46. The van der Waals surface area contributed by atoms with Gasteiger partial charge in [-0.3, -0.25) is 0 Å². The SMILES string of the molecule is Cc1cccc([Si]Cc2cc3c([cH-]2)CCCC3)c1C.[Ti]. The van der Waals surface area contributed by atoms with Gasteiger partial charge in [0, 0.05) is 21.7 Å². The van der Waals surface area contributed by atoms with Crippen LogP contribution in [-0.4, -0.2) is 9.52 Å². The fourth-order valence-corrected chi connectivity index (χ4v) is 4.29. The van der Waals surface area contributed by atoms with Gasteiger partial charge in [0.2, 0.25) is 0 Å². The van der Waals surface area contributed by atoms with Crippen molar-refractivity contribution in [3.8, 4) is 0 Å². The molecule has 1 aliphatic carbocycles. The smallest absolute Gasteiger partial charge is 0.0837 e. The van der Waals surface area contributed by atoms with Gasteiger partial charge in [0.15, 0.2) is 0 Å². The largest absolute Gasteiger partial charge is 0.207 e. The van der Waals surface area contributed by atoms with Crippen LogP contribution in [0.5, 0.6) is 0 Å². The van der Waals surface area contributed by atoms with Crippen molar-refractivity contribution in [2.24, 2.45) is 0 Å². The second-order valence-corrected chi connectivity index (χ2v) is 6.97. The molecule has 2 radical (unpaired) electrons. The topological polar surface area (TPSA) is 0 Å². The Bertz CT molecular complexity index is 560. The Morgan fingerprint density at radius 1 is 1.15 bits per heavy atom. The van der Waals surface area contributed by atoms with Gasteiger partial charge in [-0.1, -0.05) is 55.1 Å². The predicted molar refractivity (Wildman–Crippen MR) is 83.7 cm³/mol. The monoisotopic (exact) mass is 313 g/mol. The molecule has 2 heteroatoms. The summed E-state index contributed by atoms with van der Waals surface area (Å²) in [5.41, 5.74) is 7.73. The Morgan fingerprint density at radius 3 is 2.75 bits per heavy atom. The molecule has 20 heavy (non-hydrogen) atoms. The van der Waals surface area contributed by atoms with E-state index in [-0.39, 0.29) is 21.7 Å². The molecule has 0 amide bonds. The summed E-state index contributed by atoms with van der Waals surface area (Å²) in [5, 5.41) is 1.54. The molecule has 0 bridgehead atoms. The van der Waals surface area contributed by atoms with E-state index in [1.165, 1.54) is 42.9 Å². The Hall–Kier alpha value is -0.499. The van der Waals surface area contributed by atoms with Gasteiger partial charge in [0.05, 0.1) is 9.52 Å². The standard InChI is InChI=1S/C18H21Si.Ti/c1-13-6-5-9-18(14(13)2)19-12-15-10-16-7-3-4-8-17(16)11-15;/h5-6,9-11H,3-4,7-8,12H2,1-2H3;/q-1;. The first kappa shape index (κ1) is 15.9. The molecule has 2 aromatic carbocycles. The van der Waals surface area contributed by atoms with Gasteiger partial charge in [-0.15, -0.1) is 0 Å². The maximum atomic E-state index is 2.46. The first-order valence-electron chi connectivity index (χ1n) is 7.31. The number of fused-ring (bicyclic) bond motifs is 1. The third-order valence-corrected chi connectivity index (χ3v) is 5.87. The van der Waals surface area contributed by atoms with Crippen LogP contribution in [0.2, 0.25) is 0 Å². The predicted octanol–water partition coefficient (Wildman–Crippen LogP) is 3.43. The fourth-order valence-electron chi connectivity index (χ4n) is 3.01. The van der Waals surface area contributed by atoms with Gasteiger partial charge in [-0.25, -0.2) is 6.07 Å². The Kier molecular flexibility index (Phi) is 5.54. The van der Waals surface area contributed by atoms with Gasteiger partial charge in [0.1, 0.15) is 0 Å². The minimum atomic E-state index is 0. The summed E-state index contributed by atoms with van der Waals surface area (Å²) in [6.45, 7) is 4.47. The van der Waals surface area contributed by atoms with Crippen molar-refractivity contribution in [1.82, 2.24) is 0 Å². The van der Waals surface area contributed by atoms with E-state index < -0.39 is 0 Å². The average molecular weight is 313 g/mol. The van der Waals surface area contributed by atoms with Gasteiger partial charge >= 0.3 is 0 Å². The Labute approximate surface area is 140 Å². The molecule has 0 spiro atoms. The van der Waals surface area contributed by atoms with Crippen LogP contribution in [0.3, 0.4) is 0 Å². The van der Waals surface area contributed by atoms with Crippen LogP contribution in [0, 0.1) is 13.8 Å². The molecular weight excluding hydrogens is 292 g/mol. The molecule has 0 aliphatic heterocycles. The third kappa shape index (κ3) is 3.39. The summed E-state index contributed by atoms with van der Waals surface area (Å²) in [6.07, 6.45) is 5.38. The van der Waals surface area contributed by atoms with Crippen molar-refractivity contribution in [3.63, 3.8) is 0 Å². The first-order chi connectivity index (χ1) is 9.24. The number of aryl methyl sites for hydroxylation is 3. The van der Waals surface area contributed by atoms with Crippen LogP contribution in [0.4, 0.5) is 0 Å². The Balaban J connectivity index is 0.00000147. The zero-order valence-electron chi connectivity index (χ0n) is 12.4. The van der Waals surface area contributed by atoms with E-state index in [4.69, 9.17) is 0 Å². The van der Waals surface area contributed by atoms with E-state index in [0.29, 0.717) is 0 Å². The van der Waals surface area contributed by atoms with Gasteiger partial charge in [-0.05, 0) is 25.0 Å². The quantitative estimate of drug-likeness (QED) is 0.602. The van der Waals surface area contributed by atoms with E-state index >= 15 is 0 Å². The molecule has 2 aromatic rings. The second kappa shape index (κ2) is 6.98. The summed E-state index contributed by atoms with van der Waals surface area (Å²) in [7, 11) is 0.910. The molecule has 0 nitrogen and oxygen atoms in total. The Morgan fingerprint density at radius 2 is 1.95 bits per heavy atom. The van der Waals surface area contributed by atoms with E-state index in [1.807, 2.05) is 0 Å². The van der Waals surface area contributed by atoms with Gasteiger partial charge < -0.3 is 0 Å². The van der Waals surface area contributed by atoms with Crippen molar-refractivity contribution in [1.29, 1.82) is 0 Å². The van der Waals surface area contributed by atoms with Crippen molar-refractivity contribution < 1.29 is 21.7 Å². The molecule has 102 valence electrons. The molecule has 0 fully saturated rings. The second-order valence-electron chi connectivity index (χ2n) is 5.72. The van der Waals surface area contributed by atoms with Crippen LogP contribution in [-0.2, 0) is 40.6 Å². The van der Waals surface area contributed by atoms with E-state index in [9.17, 15) is 0 Å². The van der Waals surface area contributed by atoms with Crippen LogP contribution in [0.1, 0.15) is 40.7 Å². The minimum absolute atomic E-state index is 0. The molecule has 1 aliphatic rings. The maximum Gasteiger partial charge on any atom is 0.0837 e. The third-order valence-electron chi connectivity index (χ3n) is 4.36. The average Bonchev–Trinajstić information content (AvgIpc) is 2.83. The van der Waals surface area contributed by atoms with E-state index in [0.717, 1.165) is 9.52 Å². The summed E-state index contributed by atoms with van der Waals surface area (Å²) in [6, 6.07) is 12.9. The first-order valence-corrected chi connectivity index (χ1v) is 8.52. The number of hydrogen-bond donors (Lipinski definition) is 0. The van der Waals surface area contributed by atoms with Crippen molar-refractivity contribution in [2.45, 2.75) is 45.6 Å². The summed E-state index contributed by atoms with van der Waals surface area (Å²) >= 11 is 0. The fraction of sp³-hybridized carbons (Fsp3) is 0.389. The normalized spacial score (nSPS) is 13.7. The summed E-state index contributed by atoms with van der Waals surface area (Å²) in [5.74, 6) is 0. The van der Waals surface area contributed by atoms with Crippen molar-refractivity contribution in [3.05, 3.63) is 58.1 Å². The molecule has 0 atom stereocenters. The molecule has 0 unspecified atom stereocenters. The van der Waals surface area contributed by atoms with Gasteiger partial charge in [0.25, 0.3) is 0 Å². The molecule has 0 saturated carbocycles. The number of benzene rings is 1. The molecule has 0 N–H and O–H groups in total. The van der Waals surface area contributed by atoms with Crippen molar-refractivity contribution >= 4 is 14.7 Å². The van der Waals surface area contributed by atoms with Crippen LogP contribution in [0.15, 0.2) is 30.3 Å². The van der Waals surface area contributed by atoms with Crippen molar-refractivity contribution in [2.75, 3.05) is 0 Å². The number of rotatable bonds is 3. The van der Waals surface area contributed by atoms with Gasteiger partial charge in [-0.2, -0.15) is 22.8 Å². The molecular formula is C18H21SiTi-. The summed E-state index contributed by atoms with van der Waals surface area (Å²) in [4.78, 5) is 0. The molecule has 0 heterocycles. The summed E-state index contributed by atoms with van der Waals surface area (Å²) < 4.78 is 0.